The number of aromatic nitrogens is 2. The van der Waals surface area contributed by atoms with Gasteiger partial charge in [0.1, 0.15) is 5.69 Å². The standard InChI is InChI=1S/C11H14F3N4/c1-17-5-2-6-18(8-7-17)10-15-4-3-9(16-10)11(12,13)14/h3-4H,1-2,5-8H2/q-1. The van der Waals surface area contributed by atoms with Crippen molar-refractivity contribution in [2.24, 2.45) is 0 Å². The lowest BCUT2D eigenvalue weighted by atomic mass is 10.4. The summed E-state index contributed by atoms with van der Waals surface area (Å²) in [5, 5.41) is 0. The Morgan fingerprint density at radius 3 is 2.67 bits per heavy atom. The monoisotopic (exact) mass is 259 g/mol. The van der Waals surface area contributed by atoms with E-state index in [0.29, 0.717) is 19.6 Å². The fraction of sp³-hybridized carbons (Fsp3) is 0.545. The molecule has 1 aromatic rings. The highest BCUT2D eigenvalue weighted by atomic mass is 19.4. The lowest BCUT2D eigenvalue weighted by Crippen LogP contribution is -2.30. The lowest BCUT2D eigenvalue weighted by Gasteiger charge is -2.23. The smallest absolute Gasteiger partial charge is 0.433 e. The van der Waals surface area contributed by atoms with Gasteiger partial charge in [0.2, 0.25) is 5.95 Å². The van der Waals surface area contributed by atoms with Crippen LogP contribution in [0.3, 0.4) is 0 Å². The molecule has 1 aliphatic rings. The quantitative estimate of drug-likeness (QED) is 0.720. The first-order valence-corrected chi connectivity index (χ1v) is 5.67. The van der Waals surface area contributed by atoms with E-state index in [2.05, 4.69) is 17.0 Å². The Morgan fingerprint density at radius 1 is 1.17 bits per heavy atom. The molecule has 1 aromatic heterocycles. The molecule has 2 rings (SSSR count). The van der Waals surface area contributed by atoms with Gasteiger partial charge in [-0.05, 0) is 25.6 Å². The second-order valence-electron chi connectivity index (χ2n) is 4.20. The summed E-state index contributed by atoms with van der Waals surface area (Å²) in [4.78, 5) is 11.2. The third-order valence-electron chi connectivity index (χ3n) is 2.80. The molecule has 1 saturated heterocycles. The summed E-state index contributed by atoms with van der Waals surface area (Å²) in [6.07, 6.45) is -2.44. The molecule has 4 nitrogen and oxygen atoms in total. The van der Waals surface area contributed by atoms with Crippen LogP contribution in [0.25, 0.3) is 0 Å². The zero-order valence-corrected chi connectivity index (χ0v) is 9.82. The van der Waals surface area contributed by atoms with Crippen molar-refractivity contribution in [2.75, 3.05) is 31.1 Å². The van der Waals surface area contributed by atoms with Crippen LogP contribution in [0, 0.1) is 7.05 Å². The Hall–Kier alpha value is -1.37. The number of alkyl halides is 3. The van der Waals surface area contributed by atoms with Crippen molar-refractivity contribution in [3.8, 4) is 0 Å². The molecule has 0 unspecified atom stereocenters. The van der Waals surface area contributed by atoms with E-state index in [1.165, 1.54) is 0 Å². The molecule has 0 saturated carbocycles. The third-order valence-corrected chi connectivity index (χ3v) is 2.80. The van der Waals surface area contributed by atoms with Crippen LogP contribution in [0.2, 0.25) is 0 Å². The van der Waals surface area contributed by atoms with Gasteiger partial charge in [-0.25, -0.2) is 9.97 Å². The fourth-order valence-corrected chi connectivity index (χ4v) is 1.83. The predicted molar refractivity (Wildman–Crippen MR) is 60.8 cm³/mol. The van der Waals surface area contributed by atoms with E-state index in [9.17, 15) is 13.2 Å². The Labute approximate surface area is 103 Å². The molecule has 0 radical (unpaired) electrons. The van der Waals surface area contributed by atoms with E-state index in [4.69, 9.17) is 0 Å². The summed E-state index contributed by atoms with van der Waals surface area (Å²) in [7, 11) is 3.83. The van der Waals surface area contributed by atoms with Gasteiger partial charge in [0.25, 0.3) is 0 Å². The molecular formula is C11H14F3N4-. The second-order valence-corrected chi connectivity index (χ2v) is 4.20. The van der Waals surface area contributed by atoms with Gasteiger partial charge in [0.15, 0.2) is 0 Å². The number of halogens is 3. The molecule has 0 bridgehead atoms. The largest absolute Gasteiger partial charge is 0.458 e. The number of hydrogen-bond acceptors (Lipinski definition) is 4. The second kappa shape index (κ2) is 5.09. The van der Waals surface area contributed by atoms with Crippen LogP contribution in [0.15, 0.2) is 12.3 Å². The molecule has 0 aromatic carbocycles. The summed E-state index contributed by atoms with van der Waals surface area (Å²) in [5.74, 6) is 0.139. The van der Waals surface area contributed by atoms with Crippen molar-refractivity contribution < 1.29 is 13.2 Å². The first-order valence-electron chi connectivity index (χ1n) is 5.67. The minimum atomic E-state index is -4.43. The van der Waals surface area contributed by atoms with E-state index in [1.54, 1.807) is 4.90 Å². The molecule has 0 N–H and O–H groups in total. The topological polar surface area (TPSA) is 32.3 Å². The van der Waals surface area contributed by atoms with E-state index in [1.807, 2.05) is 4.90 Å². The minimum Gasteiger partial charge on any atom is -0.458 e. The summed E-state index contributed by atoms with van der Waals surface area (Å²) >= 11 is 0. The van der Waals surface area contributed by atoms with Crippen molar-refractivity contribution in [2.45, 2.75) is 12.6 Å². The van der Waals surface area contributed by atoms with Gasteiger partial charge in [-0.15, -0.1) is 0 Å². The summed E-state index contributed by atoms with van der Waals surface area (Å²) in [6, 6.07) is 0.884. The van der Waals surface area contributed by atoms with Crippen LogP contribution < -0.4 is 4.90 Å². The van der Waals surface area contributed by atoms with Gasteiger partial charge >= 0.3 is 6.18 Å². The SMILES string of the molecule is [CH2-]N1CCCN(c2nccc(C(F)(F)F)n2)CC1. The van der Waals surface area contributed by atoms with Gasteiger partial charge in [-0.2, -0.15) is 13.2 Å². The minimum absolute atomic E-state index is 0.139. The molecule has 18 heavy (non-hydrogen) atoms. The molecule has 1 aliphatic heterocycles. The maximum atomic E-state index is 12.6. The van der Waals surface area contributed by atoms with E-state index < -0.39 is 11.9 Å². The van der Waals surface area contributed by atoms with Crippen LogP contribution in [-0.2, 0) is 6.18 Å². The van der Waals surface area contributed by atoms with Gasteiger partial charge in [0, 0.05) is 19.3 Å². The highest BCUT2D eigenvalue weighted by Crippen LogP contribution is 2.28. The van der Waals surface area contributed by atoms with Gasteiger partial charge < -0.3 is 9.80 Å². The molecule has 0 spiro atoms. The van der Waals surface area contributed by atoms with Crippen LogP contribution in [0.4, 0.5) is 19.1 Å². The molecule has 100 valence electrons. The average Bonchev–Trinajstić information content (AvgIpc) is 2.53. The van der Waals surface area contributed by atoms with E-state index >= 15 is 0 Å². The van der Waals surface area contributed by atoms with Gasteiger partial charge in [-0.1, -0.05) is 0 Å². The van der Waals surface area contributed by atoms with Crippen molar-refractivity contribution in [1.82, 2.24) is 14.9 Å². The first kappa shape index (κ1) is 13.1. The molecule has 0 amide bonds. The maximum Gasteiger partial charge on any atom is 0.433 e. The number of rotatable bonds is 1. The zero-order valence-electron chi connectivity index (χ0n) is 9.82. The molecular weight excluding hydrogens is 245 g/mol. The number of hydrogen-bond donors (Lipinski definition) is 0. The van der Waals surface area contributed by atoms with Crippen LogP contribution >= 0.6 is 0 Å². The predicted octanol–water partition coefficient (Wildman–Crippen LogP) is 1.80. The molecule has 7 heteroatoms. The van der Waals surface area contributed by atoms with Crippen molar-refractivity contribution in [3.05, 3.63) is 25.0 Å². The Morgan fingerprint density at radius 2 is 1.94 bits per heavy atom. The summed E-state index contributed by atoms with van der Waals surface area (Å²) < 4.78 is 37.7. The lowest BCUT2D eigenvalue weighted by molar-refractivity contribution is -0.141. The average molecular weight is 259 g/mol. The fourth-order valence-electron chi connectivity index (χ4n) is 1.83. The summed E-state index contributed by atoms with van der Waals surface area (Å²) in [5.41, 5.74) is -0.900. The molecule has 0 aliphatic carbocycles. The van der Waals surface area contributed by atoms with Crippen LogP contribution in [-0.4, -0.2) is 41.0 Å². The van der Waals surface area contributed by atoms with Gasteiger partial charge in [-0.3, -0.25) is 7.05 Å². The molecule has 2 heterocycles. The van der Waals surface area contributed by atoms with Gasteiger partial charge in [0.05, 0.1) is 0 Å². The number of anilines is 1. The van der Waals surface area contributed by atoms with Crippen molar-refractivity contribution >= 4 is 5.95 Å². The molecule has 1 fully saturated rings. The van der Waals surface area contributed by atoms with Crippen LogP contribution in [0.1, 0.15) is 12.1 Å². The normalized spacial score (nSPS) is 18.8. The Kier molecular flexibility index (Phi) is 3.70. The highest BCUT2D eigenvalue weighted by molar-refractivity contribution is 5.31. The zero-order chi connectivity index (χ0) is 13.2. The van der Waals surface area contributed by atoms with Crippen molar-refractivity contribution in [1.29, 1.82) is 0 Å². The summed E-state index contributed by atoms with van der Waals surface area (Å²) in [6.45, 7) is 2.76. The van der Waals surface area contributed by atoms with Crippen molar-refractivity contribution in [3.63, 3.8) is 0 Å². The number of nitrogens with zero attached hydrogens (tertiary/aromatic N) is 4. The highest BCUT2D eigenvalue weighted by Gasteiger charge is 2.33. The maximum absolute atomic E-state index is 12.6. The first-order chi connectivity index (χ1) is 8.47. The third kappa shape index (κ3) is 3.10. The molecule has 0 atom stereocenters. The Bertz CT molecular complexity index is 408. The van der Waals surface area contributed by atoms with E-state index in [-0.39, 0.29) is 5.95 Å². The Balaban J connectivity index is 2.17. The van der Waals surface area contributed by atoms with E-state index in [0.717, 1.165) is 25.2 Å². The van der Waals surface area contributed by atoms with Crippen LogP contribution in [0.5, 0.6) is 0 Å².